The van der Waals surface area contributed by atoms with Gasteiger partial charge in [-0.25, -0.2) is 0 Å². The molecule has 0 saturated carbocycles. The zero-order valence-corrected chi connectivity index (χ0v) is 18.2. The van der Waals surface area contributed by atoms with E-state index in [9.17, 15) is 10.2 Å². The summed E-state index contributed by atoms with van der Waals surface area (Å²) in [4.78, 5) is 0. The molecule has 0 fully saturated rings. The van der Waals surface area contributed by atoms with Crippen molar-refractivity contribution in [2.75, 3.05) is 0 Å². The third-order valence-corrected chi connectivity index (χ3v) is 6.49. The van der Waals surface area contributed by atoms with Crippen LogP contribution >= 0.6 is 22.6 Å². The van der Waals surface area contributed by atoms with Gasteiger partial charge in [0.15, 0.2) is 0 Å². The van der Waals surface area contributed by atoms with Crippen LogP contribution in [0.1, 0.15) is 18.1 Å². The molecular formula is C26H21IO2. The van der Waals surface area contributed by atoms with Crippen LogP contribution in [0.15, 0.2) is 97.1 Å². The Labute approximate surface area is 184 Å². The maximum Gasteiger partial charge on any atom is 0.123 e. The Morgan fingerprint density at radius 2 is 0.966 bits per heavy atom. The monoisotopic (exact) mass is 492 g/mol. The number of hydrogen-bond acceptors (Lipinski definition) is 2. The van der Waals surface area contributed by atoms with Gasteiger partial charge in [-0.2, -0.15) is 0 Å². The van der Waals surface area contributed by atoms with Crippen LogP contribution in [0.2, 0.25) is 0 Å². The highest BCUT2D eigenvalue weighted by molar-refractivity contribution is 14.1. The van der Waals surface area contributed by atoms with E-state index in [1.807, 2.05) is 84.9 Å². The molecule has 144 valence electrons. The van der Waals surface area contributed by atoms with Gasteiger partial charge >= 0.3 is 0 Å². The Morgan fingerprint density at radius 3 is 1.34 bits per heavy atom. The Hall–Kier alpha value is -2.79. The van der Waals surface area contributed by atoms with Gasteiger partial charge in [-0.3, -0.25) is 0 Å². The number of phenolic OH excluding ortho intramolecular Hbond substituents is 2. The average molecular weight is 492 g/mol. The predicted octanol–water partition coefficient (Wildman–Crippen LogP) is 7.13. The van der Waals surface area contributed by atoms with Crippen molar-refractivity contribution in [2.24, 2.45) is 0 Å². The van der Waals surface area contributed by atoms with E-state index in [0.717, 1.165) is 33.4 Å². The lowest BCUT2D eigenvalue weighted by atomic mass is 9.88. The zero-order chi connectivity index (χ0) is 20.4. The molecule has 2 nitrogen and oxygen atoms in total. The van der Waals surface area contributed by atoms with Gasteiger partial charge in [0.25, 0.3) is 0 Å². The molecule has 0 aliphatic rings. The molecular weight excluding hydrogens is 471 g/mol. The normalized spacial score (nSPS) is 11.4. The molecule has 0 bridgehead atoms. The molecule has 0 atom stereocenters. The van der Waals surface area contributed by atoms with E-state index in [1.54, 1.807) is 12.1 Å². The Balaban J connectivity index is 1.80. The van der Waals surface area contributed by atoms with Crippen LogP contribution in [-0.4, -0.2) is 10.2 Å². The molecule has 29 heavy (non-hydrogen) atoms. The number of halogens is 1. The molecule has 0 aliphatic heterocycles. The standard InChI is InChI=1S/C26H21IO2/c1-26(27,20-12-14-24(28)22(16-20)18-8-4-2-5-9-18)21-13-15-25(29)23(17-21)19-10-6-3-7-11-19/h2-17,28-29H,1H3. The van der Waals surface area contributed by atoms with Crippen molar-refractivity contribution in [3.8, 4) is 33.8 Å². The first kappa shape index (κ1) is 19.5. The molecule has 0 amide bonds. The Kier molecular flexibility index (Phi) is 5.33. The first-order valence-electron chi connectivity index (χ1n) is 9.43. The summed E-state index contributed by atoms with van der Waals surface area (Å²) in [6, 6.07) is 31.3. The third-order valence-electron chi connectivity index (χ3n) is 5.25. The number of benzene rings is 4. The highest BCUT2D eigenvalue weighted by atomic mass is 127. The van der Waals surface area contributed by atoms with Crippen LogP contribution in [0, 0.1) is 0 Å². The van der Waals surface area contributed by atoms with Gasteiger partial charge in [0, 0.05) is 11.1 Å². The third kappa shape index (κ3) is 3.87. The van der Waals surface area contributed by atoms with Crippen LogP contribution in [0.5, 0.6) is 11.5 Å². The van der Waals surface area contributed by atoms with Crippen LogP contribution in [0.25, 0.3) is 22.3 Å². The molecule has 4 aromatic rings. The van der Waals surface area contributed by atoms with Crippen LogP contribution < -0.4 is 0 Å². The highest BCUT2D eigenvalue weighted by Gasteiger charge is 2.27. The first-order chi connectivity index (χ1) is 14.0. The Morgan fingerprint density at radius 1 is 0.586 bits per heavy atom. The second-order valence-electron chi connectivity index (χ2n) is 7.20. The van der Waals surface area contributed by atoms with E-state index in [-0.39, 0.29) is 14.9 Å². The molecule has 0 saturated heterocycles. The number of hydrogen-bond donors (Lipinski definition) is 2. The molecule has 4 aromatic carbocycles. The van der Waals surface area contributed by atoms with Crippen molar-refractivity contribution < 1.29 is 10.2 Å². The largest absolute Gasteiger partial charge is 0.507 e. The summed E-state index contributed by atoms with van der Waals surface area (Å²) in [5, 5.41) is 20.8. The maximum absolute atomic E-state index is 10.4. The molecule has 0 unspecified atom stereocenters. The highest BCUT2D eigenvalue weighted by Crippen LogP contribution is 2.44. The van der Waals surface area contributed by atoms with Gasteiger partial charge < -0.3 is 10.2 Å². The van der Waals surface area contributed by atoms with Crippen molar-refractivity contribution in [1.29, 1.82) is 0 Å². The van der Waals surface area contributed by atoms with Gasteiger partial charge in [-0.05, 0) is 53.4 Å². The van der Waals surface area contributed by atoms with Crippen LogP contribution in [0.3, 0.4) is 0 Å². The second-order valence-corrected chi connectivity index (χ2v) is 9.36. The number of aromatic hydroxyl groups is 2. The number of phenols is 2. The quantitative estimate of drug-likeness (QED) is 0.235. The summed E-state index contributed by atoms with van der Waals surface area (Å²) in [6.45, 7) is 2.15. The SMILES string of the molecule is CC(I)(c1ccc(O)c(-c2ccccc2)c1)c1ccc(O)c(-c2ccccc2)c1. The van der Waals surface area contributed by atoms with Crippen molar-refractivity contribution >= 4 is 22.6 Å². The Bertz CT molecular complexity index is 1040. The zero-order valence-electron chi connectivity index (χ0n) is 16.0. The average Bonchev–Trinajstić information content (AvgIpc) is 2.75. The van der Waals surface area contributed by atoms with Crippen LogP contribution in [0.4, 0.5) is 0 Å². The van der Waals surface area contributed by atoms with E-state index in [2.05, 4.69) is 29.5 Å². The molecule has 2 N–H and O–H groups in total. The van der Waals surface area contributed by atoms with Crippen molar-refractivity contribution in [3.63, 3.8) is 0 Å². The van der Waals surface area contributed by atoms with Gasteiger partial charge in [0.2, 0.25) is 0 Å². The second kappa shape index (κ2) is 7.91. The van der Waals surface area contributed by atoms with E-state index in [0.29, 0.717) is 0 Å². The molecule has 0 radical (unpaired) electrons. The van der Waals surface area contributed by atoms with E-state index in [1.165, 1.54) is 0 Å². The lowest BCUT2D eigenvalue weighted by Crippen LogP contribution is -2.15. The first-order valence-corrected chi connectivity index (χ1v) is 10.5. The molecule has 3 heteroatoms. The summed E-state index contributed by atoms with van der Waals surface area (Å²) < 4.78 is -0.341. The van der Waals surface area contributed by atoms with Gasteiger partial charge in [-0.1, -0.05) is 95.4 Å². The molecule has 0 aromatic heterocycles. The van der Waals surface area contributed by atoms with Crippen molar-refractivity contribution in [1.82, 2.24) is 0 Å². The fourth-order valence-electron chi connectivity index (χ4n) is 3.52. The van der Waals surface area contributed by atoms with E-state index >= 15 is 0 Å². The smallest absolute Gasteiger partial charge is 0.123 e. The molecule has 0 spiro atoms. The fourth-order valence-corrected chi connectivity index (χ4v) is 4.19. The number of alkyl halides is 1. The fraction of sp³-hybridized carbons (Fsp3) is 0.0769. The minimum Gasteiger partial charge on any atom is -0.507 e. The lowest BCUT2D eigenvalue weighted by molar-refractivity contribution is 0.477. The minimum atomic E-state index is -0.341. The number of rotatable bonds is 4. The summed E-state index contributed by atoms with van der Waals surface area (Å²) in [6.07, 6.45) is 0. The summed E-state index contributed by atoms with van der Waals surface area (Å²) in [5.41, 5.74) is 5.75. The van der Waals surface area contributed by atoms with E-state index < -0.39 is 0 Å². The van der Waals surface area contributed by atoms with Crippen LogP contribution in [-0.2, 0) is 3.42 Å². The minimum absolute atomic E-state index is 0.267. The molecule has 0 heterocycles. The van der Waals surface area contributed by atoms with Gasteiger partial charge in [0.1, 0.15) is 11.5 Å². The predicted molar refractivity (Wildman–Crippen MR) is 128 cm³/mol. The van der Waals surface area contributed by atoms with Gasteiger partial charge in [-0.15, -0.1) is 0 Å². The topological polar surface area (TPSA) is 40.5 Å². The van der Waals surface area contributed by atoms with Crippen molar-refractivity contribution in [3.05, 3.63) is 108 Å². The lowest BCUT2D eigenvalue weighted by Gasteiger charge is -2.26. The van der Waals surface area contributed by atoms with Crippen molar-refractivity contribution in [2.45, 2.75) is 10.3 Å². The summed E-state index contributed by atoms with van der Waals surface area (Å²) in [7, 11) is 0. The summed E-state index contributed by atoms with van der Waals surface area (Å²) >= 11 is 2.44. The summed E-state index contributed by atoms with van der Waals surface area (Å²) in [5.74, 6) is 0.533. The van der Waals surface area contributed by atoms with Gasteiger partial charge in [0.05, 0.1) is 3.42 Å². The maximum atomic E-state index is 10.4. The molecule has 0 aliphatic carbocycles. The molecule has 4 rings (SSSR count). The van der Waals surface area contributed by atoms with E-state index in [4.69, 9.17) is 0 Å².